The highest BCUT2D eigenvalue weighted by Crippen LogP contribution is 2.24. The van der Waals surface area contributed by atoms with Gasteiger partial charge >= 0.3 is 0 Å². The summed E-state index contributed by atoms with van der Waals surface area (Å²) in [5.41, 5.74) is 13.9. The van der Waals surface area contributed by atoms with Gasteiger partial charge in [0.15, 0.2) is 5.78 Å². The highest BCUT2D eigenvalue weighted by molar-refractivity contribution is 5.98. The Morgan fingerprint density at radius 1 is 0.968 bits per heavy atom. The normalized spacial score (nSPS) is 17.2. The number of carbonyl (C=O) groups excluding carboxylic acids is 2. The maximum absolute atomic E-state index is 14.3. The minimum atomic E-state index is -0.912. The molecule has 1 atom stereocenters. The number of hydrogen-bond donors (Lipinski definition) is 5. The van der Waals surface area contributed by atoms with Crippen molar-refractivity contribution >= 4 is 11.7 Å². The average Bonchev–Trinajstić information content (AvgIpc) is 3.32. The fourth-order valence-electron chi connectivity index (χ4n) is 4.05. The number of ketones is 1. The molecule has 1 amide bonds. The van der Waals surface area contributed by atoms with E-state index in [9.17, 15) is 18.4 Å². The summed E-state index contributed by atoms with van der Waals surface area (Å²) in [6, 6.07) is 7.91. The van der Waals surface area contributed by atoms with Gasteiger partial charge < -0.3 is 5.32 Å². The van der Waals surface area contributed by atoms with E-state index in [1.807, 2.05) is 18.2 Å². The van der Waals surface area contributed by atoms with Crippen LogP contribution in [0.4, 0.5) is 8.78 Å². The lowest BCUT2D eigenvalue weighted by Gasteiger charge is -2.25. The molecule has 31 heavy (non-hydrogen) atoms. The first-order valence-electron chi connectivity index (χ1n) is 10.4. The van der Waals surface area contributed by atoms with Gasteiger partial charge in [-0.2, -0.15) is 11.1 Å². The largest absolute Gasteiger partial charge is 0.346 e. The van der Waals surface area contributed by atoms with Gasteiger partial charge in [-0.25, -0.2) is 19.6 Å². The second-order valence-corrected chi connectivity index (χ2v) is 7.84. The molecular formula is C22H25F2N5O2. The summed E-state index contributed by atoms with van der Waals surface area (Å²) >= 11 is 0. The van der Waals surface area contributed by atoms with Crippen LogP contribution in [0.15, 0.2) is 36.4 Å². The van der Waals surface area contributed by atoms with Crippen molar-refractivity contribution in [3.8, 4) is 0 Å². The van der Waals surface area contributed by atoms with Crippen molar-refractivity contribution < 1.29 is 18.4 Å². The zero-order valence-corrected chi connectivity index (χ0v) is 16.9. The maximum Gasteiger partial charge on any atom is 0.221 e. The van der Waals surface area contributed by atoms with Crippen molar-refractivity contribution in [2.24, 2.45) is 0 Å². The molecule has 1 heterocycles. The average molecular weight is 429 g/mol. The van der Waals surface area contributed by atoms with E-state index in [1.54, 1.807) is 0 Å². The van der Waals surface area contributed by atoms with Crippen LogP contribution in [0, 0.1) is 11.6 Å². The zero-order valence-electron chi connectivity index (χ0n) is 16.9. The van der Waals surface area contributed by atoms with Crippen LogP contribution < -0.4 is 27.2 Å². The minimum Gasteiger partial charge on any atom is -0.346 e. The van der Waals surface area contributed by atoms with Crippen LogP contribution in [0.3, 0.4) is 0 Å². The van der Waals surface area contributed by atoms with Gasteiger partial charge in [0.25, 0.3) is 0 Å². The van der Waals surface area contributed by atoms with Crippen LogP contribution in [0.1, 0.15) is 58.8 Å². The molecule has 0 saturated carbocycles. The van der Waals surface area contributed by atoms with E-state index in [4.69, 9.17) is 0 Å². The first-order chi connectivity index (χ1) is 15.0. The summed E-state index contributed by atoms with van der Waals surface area (Å²) < 4.78 is 28.0. The molecule has 1 fully saturated rings. The molecule has 0 radical (unpaired) electrons. The van der Waals surface area contributed by atoms with Crippen LogP contribution in [0.25, 0.3) is 0 Å². The maximum atomic E-state index is 14.3. The summed E-state index contributed by atoms with van der Waals surface area (Å²) in [5.74, 6) is -1.81. The Morgan fingerprint density at radius 2 is 1.71 bits per heavy atom. The lowest BCUT2D eigenvalue weighted by atomic mass is 9.89. The number of hydrazine groups is 3. The molecule has 164 valence electrons. The molecule has 1 aliphatic heterocycles. The molecule has 2 aromatic carbocycles. The zero-order chi connectivity index (χ0) is 21.8. The number of aryl methyl sites for hydroxylation is 2. The predicted octanol–water partition coefficient (Wildman–Crippen LogP) is 2.11. The van der Waals surface area contributed by atoms with Gasteiger partial charge in [0.1, 0.15) is 17.8 Å². The molecule has 5 N–H and O–H groups in total. The van der Waals surface area contributed by atoms with Crippen LogP contribution in [0.5, 0.6) is 0 Å². The Labute approximate surface area is 178 Å². The van der Waals surface area contributed by atoms with Gasteiger partial charge in [-0.05, 0) is 61.1 Å². The molecule has 2 aliphatic rings. The monoisotopic (exact) mass is 429 g/mol. The summed E-state index contributed by atoms with van der Waals surface area (Å²) in [6.07, 6.45) is 3.64. The number of benzene rings is 2. The number of fused-ring (bicyclic) bond motifs is 1. The predicted molar refractivity (Wildman–Crippen MR) is 110 cm³/mol. The highest BCUT2D eigenvalue weighted by atomic mass is 19.1. The van der Waals surface area contributed by atoms with E-state index in [0.29, 0.717) is 5.56 Å². The SMILES string of the molecule is O=C(CCC(=O)c1ccc2c(c1)CCCC2)NC(c1cc(F)ccc1F)C1NNNN1. The van der Waals surface area contributed by atoms with Crippen LogP contribution >= 0.6 is 0 Å². The molecule has 2 aromatic rings. The van der Waals surface area contributed by atoms with E-state index in [0.717, 1.165) is 37.5 Å². The lowest BCUT2D eigenvalue weighted by molar-refractivity contribution is -0.122. The number of Topliss-reactive ketones (excluding diaryl/α,β-unsaturated/α-hetero) is 1. The number of amides is 1. The van der Waals surface area contributed by atoms with Gasteiger partial charge in [-0.1, -0.05) is 12.1 Å². The second-order valence-electron chi connectivity index (χ2n) is 7.84. The lowest BCUT2D eigenvalue weighted by Crippen LogP contribution is -2.48. The third-order valence-electron chi connectivity index (χ3n) is 5.71. The van der Waals surface area contributed by atoms with Crippen molar-refractivity contribution in [3.05, 3.63) is 70.3 Å². The molecule has 1 saturated heterocycles. The number of carbonyl (C=O) groups is 2. The van der Waals surface area contributed by atoms with E-state index >= 15 is 0 Å². The summed E-state index contributed by atoms with van der Waals surface area (Å²) in [5, 5.41) is 2.70. The fourth-order valence-corrected chi connectivity index (χ4v) is 4.05. The van der Waals surface area contributed by atoms with Crippen molar-refractivity contribution in [3.63, 3.8) is 0 Å². The topological polar surface area (TPSA) is 94.3 Å². The van der Waals surface area contributed by atoms with Crippen molar-refractivity contribution in [1.29, 1.82) is 0 Å². The van der Waals surface area contributed by atoms with E-state index < -0.39 is 29.7 Å². The van der Waals surface area contributed by atoms with E-state index in [-0.39, 0.29) is 24.2 Å². The van der Waals surface area contributed by atoms with Crippen molar-refractivity contribution in [1.82, 2.24) is 27.2 Å². The molecule has 0 aromatic heterocycles. The molecule has 4 rings (SSSR count). The molecular weight excluding hydrogens is 404 g/mol. The molecule has 7 nitrogen and oxygen atoms in total. The first-order valence-corrected chi connectivity index (χ1v) is 10.4. The van der Waals surface area contributed by atoms with E-state index in [2.05, 4.69) is 27.2 Å². The Kier molecular flexibility index (Phi) is 6.67. The van der Waals surface area contributed by atoms with Gasteiger partial charge in [0, 0.05) is 24.0 Å². The van der Waals surface area contributed by atoms with Crippen LogP contribution in [0.2, 0.25) is 0 Å². The summed E-state index contributed by atoms with van der Waals surface area (Å²) in [6.45, 7) is 0. The number of hydrogen-bond acceptors (Lipinski definition) is 6. The summed E-state index contributed by atoms with van der Waals surface area (Å²) in [4.78, 5) is 25.2. The smallest absolute Gasteiger partial charge is 0.221 e. The van der Waals surface area contributed by atoms with Gasteiger partial charge in [0.2, 0.25) is 5.91 Å². The fraction of sp³-hybridized carbons (Fsp3) is 0.364. The van der Waals surface area contributed by atoms with Gasteiger partial charge in [-0.3, -0.25) is 9.59 Å². The molecule has 9 heteroatoms. The van der Waals surface area contributed by atoms with Crippen LogP contribution in [-0.2, 0) is 17.6 Å². The standard InChI is InChI=1S/C22H25F2N5O2/c23-16-7-8-18(24)17(12-16)21(22-26-28-29-27-22)25-20(31)10-9-19(30)15-6-5-13-3-1-2-4-14(13)11-15/h5-8,11-12,21-22,26-29H,1-4,9-10H2,(H,25,31). The van der Waals surface area contributed by atoms with Crippen molar-refractivity contribution in [2.45, 2.75) is 50.7 Å². The molecule has 0 spiro atoms. The number of nitrogens with one attached hydrogen (secondary N) is 5. The Balaban J connectivity index is 1.41. The van der Waals surface area contributed by atoms with E-state index in [1.165, 1.54) is 17.5 Å². The molecule has 1 aliphatic carbocycles. The highest BCUT2D eigenvalue weighted by Gasteiger charge is 2.30. The molecule has 1 unspecified atom stereocenters. The Hall–Kier alpha value is -2.72. The third kappa shape index (κ3) is 5.13. The second kappa shape index (κ2) is 9.61. The third-order valence-corrected chi connectivity index (χ3v) is 5.71. The minimum absolute atomic E-state index is 0.00939. The van der Waals surface area contributed by atoms with Gasteiger partial charge in [0.05, 0.1) is 6.04 Å². The van der Waals surface area contributed by atoms with Gasteiger partial charge in [-0.15, -0.1) is 0 Å². The first kappa shape index (κ1) is 21.5. The number of halogens is 2. The number of rotatable bonds is 7. The summed E-state index contributed by atoms with van der Waals surface area (Å²) in [7, 11) is 0. The molecule has 0 bridgehead atoms. The Morgan fingerprint density at radius 3 is 2.48 bits per heavy atom. The quantitative estimate of drug-likeness (QED) is 0.433. The van der Waals surface area contributed by atoms with Crippen LogP contribution in [-0.4, -0.2) is 17.9 Å². The Bertz CT molecular complexity index is 978. The van der Waals surface area contributed by atoms with Crippen molar-refractivity contribution in [2.75, 3.05) is 0 Å².